The summed E-state index contributed by atoms with van der Waals surface area (Å²) < 4.78 is 8.65. The number of hydrogen-bond acceptors (Lipinski definition) is 4. The Morgan fingerprint density at radius 1 is 1.09 bits per heavy atom. The van der Waals surface area contributed by atoms with Crippen LogP contribution in [-0.4, -0.2) is 34.6 Å². The smallest absolute Gasteiger partial charge is 0.124 e. The van der Waals surface area contributed by atoms with Crippen molar-refractivity contribution in [3.8, 4) is 11.4 Å². The Labute approximate surface area is 194 Å². The van der Waals surface area contributed by atoms with Crippen LogP contribution in [0.4, 0.5) is 0 Å². The Kier molecular flexibility index (Phi) is 5.54. The van der Waals surface area contributed by atoms with Crippen molar-refractivity contribution in [2.45, 2.75) is 45.6 Å². The number of fused-ring (bicyclic) bond motifs is 2. The van der Waals surface area contributed by atoms with Gasteiger partial charge in [-0.1, -0.05) is 38.1 Å². The minimum Gasteiger partial charge on any atom is -0.490 e. The zero-order valence-electron chi connectivity index (χ0n) is 19.5. The maximum atomic E-state index is 8.00. The molecular weight excluding hydrogens is 410 g/mol. The Morgan fingerprint density at radius 3 is 2.52 bits per heavy atom. The Bertz CT molecular complexity index is 1350. The fourth-order valence-corrected chi connectivity index (χ4v) is 4.85. The van der Waals surface area contributed by atoms with Crippen molar-refractivity contribution in [2.75, 3.05) is 13.1 Å². The fourth-order valence-electron chi connectivity index (χ4n) is 4.85. The van der Waals surface area contributed by atoms with Crippen molar-refractivity contribution in [3.63, 3.8) is 0 Å². The summed E-state index contributed by atoms with van der Waals surface area (Å²) >= 11 is 0. The number of nitrogens with one attached hydrogen (secondary N) is 2. The number of ether oxygens (including phenoxy) is 1. The molecule has 4 aromatic rings. The molecule has 1 saturated heterocycles. The molecule has 3 aromatic carbocycles. The number of hydrogen-bond donors (Lipinski definition) is 3. The normalized spacial score (nSPS) is 14.9. The molecule has 6 nitrogen and oxygen atoms in total. The molecular formula is C27H31N5O. The SMILES string of the molecule is Cc1c(OC2CCNCC2)ccc2c1nc(C(C)C)n2-c1ccc(C(=N)N)c2ccccc12. The first-order valence-electron chi connectivity index (χ1n) is 11.7. The fraction of sp³-hybridized carbons (Fsp3) is 0.333. The molecule has 1 aromatic heterocycles. The Morgan fingerprint density at radius 2 is 1.82 bits per heavy atom. The van der Waals surface area contributed by atoms with Crippen LogP contribution in [0.3, 0.4) is 0 Å². The summed E-state index contributed by atoms with van der Waals surface area (Å²) in [5.74, 6) is 2.24. The summed E-state index contributed by atoms with van der Waals surface area (Å²) in [5, 5.41) is 13.4. The number of nitrogens with two attached hydrogens (primary N) is 1. The highest BCUT2D eigenvalue weighted by molar-refractivity contribution is 6.10. The lowest BCUT2D eigenvalue weighted by Crippen LogP contribution is -2.34. The number of benzene rings is 3. The van der Waals surface area contributed by atoms with Crippen LogP contribution in [0.2, 0.25) is 0 Å². The molecule has 1 aliphatic heterocycles. The first-order chi connectivity index (χ1) is 16.0. The zero-order chi connectivity index (χ0) is 23.1. The molecule has 5 rings (SSSR count). The first-order valence-corrected chi connectivity index (χ1v) is 11.7. The largest absolute Gasteiger partial charge is 0.490 e. The first kappa shape index (κ1) is 21.5. The van der Waals surface area contributed by atoms with E-state index in [1.54, 1.807) is 0 Å². The van der Waals surface area contributed by atoms with Gasteiger partial charge in [-0.25, -0.2) is 4.98 Å². The highest BCUT2D eigenvalue weighted by Gasteiger charge is 2.22. The van der Waals surface area contributed by atoms with Crippen LogP contribution in [0.25, 0.3) is 27.5 Å². The maximum Gasteiger partial charge on any atom is 0.124 e. The summed E-state index contributed by atoms with van der Waals surface area (Å²) in [6.07, 6.45) is 2.30. The number of aryl methyl sites for hydroxylation is 1. The van der Waals surface area contributed by atoms with Crippen molar-refractivity contribution in [2.24, 2.45) is 5.73 Å². The minimum atomic E-state index is 0.0767. The van der Waals surface area contributed by atoms with E-state index in [9.17, 15) is 0 Å². The van der Waals surface area contributed by atoms with Crippen LogP contribution < -0.4 is 15.8 Å². The number of aromatic nitrogens is 2. The van der Waals surface area contributed by atoms with Crippen molar-refractivity contribution in [1.29, 1.82) is 5.41 Å². The molecule has 1 aliphatic rings. The van der Waals surface area contributed by atoms with Crippen molar-refractivity contribution >= 4 is 27.6 Å². The minimum absolute atomic E-state index is 0.0767. The van der Waals surface area contributed by atoms with Crippen molar-refractivity contribution in [3.05, 3.63) is 65.5 Å². The lowest BCUT2D eigenvalue weighted by atomic mass is 10.0. The van der Waals surface area contributed by atoms with E-state index < -0.39 is 0 Å². The third-order valence-electron chi connectivity index (χ3n) is 6.58. The number of rotatable bonds is 5. The zero-order valence-corrected chi connectivity index (χ0v) is 19.5. The van der Waals surface area contributed by atoms with E-state index in [0.717, 1.165) is 76.1 Å². The lowest BCUT2D eigenvalue weighted by molar-refractivity contribution is 0.161. The topological polar surface area (TPSA) is 89.0 Å². The van der Waals surface area contributed by atoms with Crippen LogP contribution in [0, 0.1) is 12.3 Å². The Hall–Kier alpha value is -3.38. The molecule has 2 heterocycles. The molecule has 0 radical (unpaired) electrons. The van der Waals surface area contributed by atoms with E-state index in [-0.39, 0.29) is 17.9 Å². The van der Waals surface area contributed by atoms with Crippen LogP contribution in [-0.2, 0) is 0 Å². The molecule has 0 saturated carbocycles. The van der Waals surface area contributed by atoms with Gasteiger partial charge in [0.15, 0.2) is 0 Å². The summed E-state index contributed by atoms with van der Waals surface area (Å²) in [7, 11) is 0. The molecule has 0 bridgehead atoms. The van der Waals surface area contributed by atoms with Gasteiger partial charge in [-0.2, -0.15) is 0 Å². The third-order valence-corrected chi connectivity index (χ3v) is 6.58. The van der Waals surface area contributed by atoms with Gasteiger partial charge in [-0.3, -0.25) is 9.98 Å². The number of imidazole rings is 1. The summed E-state index contributed by atoms with van der Waals surface area (Å²) in [6, 6.07) is 16.4. The summed E-state index contributed by atoms with van der Waals surface area (Å²) in [4.78, 5) is 5.11. The number of piperidine rings is 1. The molecule has 6 heteroatoms. The molecule has 4 N–H and O–H groups in total. The van der Waals surface area contributed by atoms with E-state index in [0.29, 0.717) is 0 Å². The number of nitrogens with zero attached hydrogens (tertiary/aromatic N) is 2. The van der Waals surface area contributed by atoms with Crippen LogP contribution >= 0.6 is 0 Å². The highest BCUT2D eigenvalue weighted by atomic mass is 16.5. The average molecular weight is 442 g/mol. The van der Waals surface area contributed by atoms with Crippen LogP contribution in [0.5, 0.6) is 5.75 Å². The van der Waals surface area contributed by atoms with E-state index in [4.69, 9.17) is 20.9 Å². The summed E-state index contributed by atoms with van der Waals surface area (Å²) in [5.41, 5.74) is 10.8. The monoisotopic (exact) mass is 441 g/mol. The predicted molar refractivity (Wildman–Crippen MR) is 135 cm³/mol. The standard InChI is InChI=1S/C27H31N5O/c1-16(2)27-31-25-17(3)24(33-18-12-14-30-15-13-18)11-10-23(25)32(27)22-9-8-21(26(28)29)19-6-4-5-7-20(19)22/h4-11,16,18,30H,12-15H2,1-3H3,(H3,28,29). The molecule has 0 aliphatic carbocycles. The molecule has 0 spiro atoms. The molecule has 1 fully saturated rings. The lowest BCUT2D eigenvalue weighted by Gasteiger charge is -2.24. The van der Waals surface area contributed by atoms with E-state index in [1.165, 1.54) is 0 Å². The second-order valence-electron chi connectivity index (χ2n) is 9.18. The molecule has 0 atom stereocenters. The van der Waals surface area contributed by atoms with Gasteiger partial charge in [0.2, 0.25) is 0 Å². The van der Waals surface area contributed by atoms with Gasteiger partial charge in [0.1, 0.15) is 23.5 Å². The molecule has 0 unspecified atom stereocenters. The Balaban J connectivity index is 1.70. The molecule has 33 heavy (non-hydrogen) atoms. The second-order valence-corrected chi connectivity index (χ2v) is 9.18. The quantitative estimate of drug-likeness (QED) is 0.299. The van der Waals surface area contributed by atoms with Crippen LogP contribution in [0.1, 0.15) is 49.6 Å². The summed E-state index contributed by atoms with van der Waals surface area (Å²) in [6.45, 7) is 8.46. The van der Waals surface area contributed by atoms with Gasteiger partial charge in [-0.05, 0) is 62.5 Å². The third kappa shape index (κ3) is 3.74. The number of nitrogen functional groups attached to an aromatic ring is 1. The van der Waals surface area contributed by atoms with Gasteiger partial charge in [-0.15, -0.1) is 0 Å². The average Bonchev–Trinajstić information content (AvgIpc) is 3.21. The van der Waals surface area contributed by atoms with Gasteiger partial charge >= 0.3 is 0 Å². The highest BCUT2D eigenvalue weighted by Crippen LogP contribution is 2.35. The van der Waals surface area contributed by atoms with E-state index >= 15 is 0 Å². The van der Waals surface area contributed by atoms with Crippen molar-refractivity contribution in [1.82, 2.24) is 14.9 Å². The molecule has 170 valence electrons. The molecule has 0 amide bonds. The van der Waals surface area contributed by atoms with Gasteiger partial charge < -0.3 is 15.8 Å². The van der Waals surface area contributed by atoms with Crippen molar-refractivity contribution < 1.29 is 4.74 Å². The predicted octanol–water partition coefficient (Wildman–Crippen LogP) is 5.03. The van der Waals surface area contributed by atoms with Crippen LogP contribution in [0.15, 0.2) is 48.5 Å². The maximum absolute atomic E-state index is 8.00. The van der Waals surface area contributed by atoms with Gasteiger partial charge in [0.05, 0.1) is 16.7 Å². The number of amidine groups is 1. The second kappa shape index (κ2) is 8.52. The van der Waals surface area contributed by atoms with Gasteiger partial charge in [0.25, 0.3) is 0 Å². The van der Waals surface area contributed by atoms with E-state index in [1.807, 2.05) is 24.3 Å². The van der Waals surface area contributed by atoms with E-state index in [2.05, 4.69) is 54.9 Å². The van der Waals surface area contributed by atoms with Gasteiger partial charge in [0, 0.05) is 22.4 Å².